The maximum atomic E-state index is 13.0. The van der Waals surface area contributed by atoms with E-state index in [2.05, 4.69) is 4.90 Å². The van der Waals surface area contributed by atoms with Crippen LogP contribution in [0.4, 0.5) is 10.1 Å². The van der Waals surface area contributed by atoms with Crippen molar-refractivity contribution in [3.05, 3.63) is 71.6 Å². The highest BCUT2D eigenvalue weighted by Gasteiger charge is 2.19. The van der Waals surface area contributed by atoms with Gasteiger partial charge in [-0.1, -0.05) is 30.3 Å². The van der Waals surface area contributed by atoms with E-state index in [1.165, 1.54) is 12.1 Å². The summed E-state index contributed by atoms with van der Waals surface area (Å²) in [5.74, 6) is -0.213. The molecule has 0 spiro atoms. The zero-order valence-corrected chi connectivity index (χ0v) is 15.3. The van der Waals surface area contributed by atoms with Crippen LogP contribution < -0.4 is 5.73 Å². The van der Waals surface area contributed by atoms with Crippen molar-refractivity contribution in [2.24, 2.45) is 0 Å². The highest BCUT2D eigenvalue weighted by molar-refractivity contribution is 5.92. The van der Waals surface area contributed by atoms with E-state index >= 15 is 0 Å². The number of anilines is 1. The van der Waals surface area contributed by atoms with Gasteiger partial charge < -0.3 is 10.6 Å². The normalized spacial score (nSPS) is 15.0. The Bertz CT molecular complexity index is 756. The van der Waals surface area contributed by atoms with Crippen LogP contribution >= 0.6 is 12.4 Å². The Labute approximate surface area is 159 Å². The largest absolute Gasteiger partial charge is 0.398 e. The second-order valence-electron chi connectivity index (χ2n) is 6.19. The molecule has 4 nitrogen and oxygen atoms in total. The van der Waals surface area contributed by atoms with Crippen molar-refractivity contribution in [2.75, 3.05) is 31.9 Å². The average Bonchev–Trinajstić information content (AvgIpc) is 2.63. The number of hydrogen-bond donors (Lipinski definition) is 1. The summed E-state index contributed by atoms with van der Waals surface area (Å²) >= 11 is 0. The van der Waals surface area contributed by atoms with E-state index in [0.29, 0.717) is 18.8 Å². The minimum Gasteiger partial charge on any atom is -0.398 e. The Morgan fingerprint density at radius 1 is 1.04 bits per heavy atom. The van der Waals surface area contributed by atoms with Crippen molar-refractivity contribution in [3.63, 3.8) is 0 Å². The lowest BCUT2D eigenvalue weighted by Gasteiger charge is -2.34. The van der Waals surface area contributed by atoms with Gasteiger partial charge in [0.2, 0.25) is 5.91 Å². The molecular formula is C20H23ClFN3O. The van der Waals surface area contributed by atoms with E-state index in [0.717, 1.165) is 30.8 Å². The second-order valence-corrected chi connectivity index (χ2v) is 6.19. The number of piperazine rings is 1. The number of nitrogen functional groups attached to an aromatic ring is 1. The molecule has 138 valence electrons. The summed E-state index contributed by atoms with van der Waals surface area (Å²) in [6.07, 6.45) is 3.35. The Balaban J connectivity index is 0.00000243. The van der Waals surface area contributed by atoms with Crippen molar-refractivity contribution in [2.45, 2.75) is 6.54 Å². The first-order chi connectivity index (χ1) is 12.1. The number of para-hydroxylation sites is 1. The molecule has 2 aromatic rings. The van der Waals surface area contributed by atoms with Gasteiger partial charge in [-0.2, -0.15) is 0 Å². The second kappa shape index (κ2) is 9.36. The number of nitrogens with zero attached hydrogens (tertiary/aromatic N) is 2. The number of rotatable bonds is 4. The molecule has 0 aromatic heterocycles. The first kappa shape index (κ1) is 19.9. The van der Waals surface area contributed by atoms with Gasteiger partial charge in [-0.05, 0) is 35.4 Å². The predicted octanol–water partition coefficient (Wildman–Crippen LogP) is 3.19. The number of carbonyl (C=O) groups is 1. The summed E-state index contributed by atoms with van der Waals surface area (Å²) in [5.41, 5.74) is 8.48. The summed E-state index contributed by atoms with van der Waals surface area (Å²) in [4.78, 5) is 16.4. The molecule has 1 aliphatic heterocycles. The van der Waals surface area contributed by atoms with Crippen LogP contribution in [0, 0.1) is 5.82 Å². The third-order valence-corrected chi connectivity index (χ3v) is 4.40. The monoisotopic (exact) mass is 375 g/mol. The highest BCUT2D eigenvalue weighted by Crippen LogP contribution is 2.13. The lowest BCUT2D eigenvalue weighted by Crippen LogP contribution is -2.47. The van der Waals surface area contributed by atoms with Gasteiger partial charge in [-0.25, -0.2) is 4.39 Å². The van der Waals surface area contributed by atoms with E-state index in [4.69, 9.17) is 5.73 Å². The maximum absolute atomic E-state index is 13.0. The van der Waals surface area contributed by atoms with Crippen LogP contribution in [0.5, 0.6) is 0 Å². The fourth-order valence-electron chi connectivity index (χ4n) is 2.90. The Morgan fingerprint density at radius 3 is 2.35 bits per heavy atom. The number of hydrogen-bond acceptors (Lipinski definition) is 3. The van der Waals surface area contributed by atoms with Gasteiger partial charge in [-0.15, -0.1) is 12.4 Å². The molecule has 6 heteroatoms. The van der Waals surface area contributed by atoms with Crippen LogP contribution in [0.1, 0.15) is 11.1 Å². The molecule has 0 radical (unpaired) electrons. The molecular weight excluding hydrogens is 353 g/mol. The molecule has 2 aromatic carbocycles. The zero-order valence-electron chi connectivity index (χ0n) is 14.5. The smallest absolute Gasteiger partial charge is 0.246 e. The number of amides is 1. The molecule has 0 unspecified atom stereocenters. The Hall–Kier alpha value is -2.37. The molecule has 1 aliphatic rings. The first-order valence-electron chi connectivity index (χ1n) is 8.40. The predicted molar refractivity (Wildman–Crippen MR) is 105 cm³/mol. The average molecular weight is 376 g/mol. The van der Waals surface area contributed by atoms with E-state index in [1.54, 1.807) is 24.3 Å². The fraction of sp³-hybridized carbons (Fsp3) is 0.250. The van der Waals surface area contributed by atoms with Crippen molar-refractivity contribution in [1.82, 2.24) is 9.80 Å². The standard InChI is InChI=1S/C20H22FN3O.ClH/c21-18-8-5-16(6-9-18)15-23-11-13-24(14-12-23)20(25)10-7-17-3-1-2-4-19(17)22;/h1-10H,11-15,22H2;1H/b10-7+;. The van der Waals surface area contributed by atoms with Gasteiger partial charge in [0.25, 0.3) is 0 Å². The van der Waals surface area contributed by atoms with Crippen molar-refractivity contribution in [3.8, 4) is 0 Å². The Morgan fingerprint density at radius 2 is 1.69 bits per heavy atom. The van der Waals surface area contributed by atoms with Crippen molar-refractivity contribution >= 4 is 30.1 Å². The fourth-order valence-corrected chi connectivity index (χ4v) is 2.90. The van der Waals surface area contributed by atoms with Gasteiger partial charge in [0.1, 0.15) is 5.82 Å². The van der Waals surface area contributed by atoms with Gasteiger partial charge in [0, 0.05) is 44.5 Å². The van der Waals surface area contributed by atoms with Gasteiger partial charge in [0.15, 0.2) is 0 Å². The van der Waals surface area contributed by atoms with Crippen LogP contribution in [0.3, 0.4) is 0 Å². The van der Waals surface area contributed by atoms with Crippen LogP contribution in [0.15, 0.2) is 54.6 Å². The molecule has 26 heavy (non-hydrogen) atoms. The number of carbonyl (C=O) groups excluding carboxylic acids is 1. The molecule has 1 saturated heterocycles. The maximum Gasteiger partial charge on any atom is 0.246 e. The Kier molecular flexibility index (Phi) is 7.18. The number of halogens is 2. The minimum atomic E-state index is -0.218. The minimum absolute atomic E-state index is 0. The molecule has 0 saturated carbocycles. The van der Waals surface area contributed by atoms with E-state index < -0.39 is 0 Å². The topological polar surface area (TPSA) is 49.6 Å². The van der Waals surface area contributed by atoms with Crippen molar-refractivity contribution in [1.29, 1.82) is 0 Å². The molecule has 0 atom stereocenters. The van der Waals surface area contributed by atoms with Gasteiger partial charge in [0.05, 0.1) is 0 Å². The summed E-state index contributed by atoms with van der Waals surface area (Å²) in [5, 5.41) is 0. The van der Waals surface area contributed by atoms with Crippen LogP contribution in [0.25, 0.3) is 6.08 Å². The van der Waals surface area contributed by atoms with E-state index in [9.17, 15) is 9.18 Å². The summed E-state index contributed by atoms with van der Waals surface area (Å²) in [7, 11) is 0. The SMILES string of the molecule is Cl.Nc1ccccc1/C=C/C(=O)N1CCN(Cc2ccc(F)cc2)CC1. The zero-order chi connectivity index (χ0) is 17.6. The summed E-state index contributed by atoms with van der Waals surface area (Å²) in [6, 6.07) is 14.0. The molecule has 0 bridgehead atoms. The number of benzene rings is 2. The van der Waals surface area contributed by atoms with E-state index in [-0.39, 0.29) is 24.1 Å². The van der Waals surface area contributed by atoms with Crippen LogP contribution in [-0.4, -0.2) is 41.9 Å². The third-order valence-electron chi connectivity index (χ3n) is 4.40. The first-order valence-corrected chi connectivity index (χ1v) is 8.40. The molecule has 1 amide bonds. The van der Waals surface area contributed by atoms with Gasteiger partial charge in [-0.3, -0.25) is 9.69 Å². The third kappa shape index (κ3) is 5.31. The van der Waals surface area contributed by atoms with Crippen LogP contribution in [-0.2, 0) is 11.3 Å². The lowest BCUT2D eigenvalue weighted by molar-refractivity contribution is -0.127. The summed E-state index contributed by atoms with van der Waals surface area (Å²) < 4.78 is 13.0. The molecule has 1 heterocycles. The molecule has 1 fully saturated rings. The molecule has 3 rings (SSSR count). The quantitative estimate of drug-likeness (QED) is 0.659. The lowest BCUT2D eigenvalue weighted by atomic mass is 10.1. The van der Waals surface area contributed by atoms with Crippen molar-refractivity contribution < 1.29 is 9.18 Å². The highest BCUT2D eigenvalue weighted by atomic mass is 35.5. The van der Waals surface area contributed by atoms with Crippen LogP contribution in [0.2, 0.25) is 0 Å². The summed E-state index contributed by atoms with van der Waals surface area (Å²) in [6.45, 7) is 3.77. The van der Waals surface area contributed by atoms with Gasteiger partial charge >= 0.3 is 0 Å². The number of nitrogens with two attached hydrogens (primary N) is 1. The molecule has 0 aliphatic carbocycles. The van der Waals surface area contributed by atoms with E-state index in [1.807, 2.05) is 29.2 Å². The molecule has 2 N–H and O–H groups in total.